The second kappa shape index (κ2) is 6.49. The predicted molar refractivity (Wildman–Crippen MR) is 84.1 cm³/mol. The van der Waals surface area contributed by atoms with Crippen molar-refractivity contribution in [1.82, 2.24) is 0 Å². The number of carbonyl (C=O) groups excluding carboxylic acids is 1. The lowest BCUT2D eigenvalue weighted by Gasteiger charge is -2.09. The second-order valence-electron chi connectivity index (χ2n) is 4.52. The van der Waals surface area contributed by atoms with E-state index in [1.165, 1.54) is 12.1 Å². The average molecular weight is 380 g/mol. The molecule has 0 spiro atoms. The van der Waals surface area contributed by atoms with Crippen molar-refractivity contribution in [1.29, 1.82) is 0 Å². The molecule has 2 aromatic rings. The lowest BCUT2D eigenvalue weighted by atomic mass is 10.1. The van der Waals surface area contributed by atoms with Crippen LogP contribution >= 0.6 is 15.9 Å². The average Bonchev–Trinajstić information content (AvgIpc) is 2.49. The zero-order chi connectivity index (χ0) is 17.1. The normalized spacial score (nSPS) is 10.1. The third kappa shape index (κ3) is 3.86. The Morgan fingerprint density at radius 3 is 2.00 bits per heavy atom. The first-order valence-electron chi connectivity index (χ1n) is 6.19. The number of halogens is 1. The van der Waals surface area contributed by atoms with Crippen LogP contribution in [0.5, 0.6) is 5.75 Å². The number of phenols is 1. The van der Waals surface area contributed by atoms with E-state index in [4.69, 9.17) is 10.2 Å². The molecule has 7 nitrogen and oxygen atoms in total. The molecule has 0 aromatic heterocycles. The van der Waals surface area contributed by atoms with E-state index < -0.39 is 17.8 Å². The molecule has 0 bridgehead atoms. The Bertz CT molecular complexity index is 785. The maximum atomic E-state index is 12.2. The summed E-state index contributed by atoms with van der Waals surface area (Å²) in [5.41, 5.74) is -0.610. The number of carboxylic acid groups (broad SMARTS) is 2. The topological polar surface area (TPSA) is 124 Å². The molecule has 8 heteroatoms. The zero-order valence-electron chi connectivity index (χ0n) is 11.4. The van der Waals surface area contributed by atoms with E-state index in [1.807, 2.05) is 0 Å². The minimum Gasteiger partial charge on any atom is -0.507 e. The molecule has 2 rings (SSSR count). The van der Waals surface area contributed by atoms with Gasteiger partial charge < -0.3 is 20.6 Å². The fourth-order valence-electron chi connectivity index (χ4n) is 1.84. The molecule has 0 heterocycles. The molecule has 0 aliphatic carbocycles. The van der Waals surface area contributed by atoms with Crippen molar-refractivity contribution in [2.75, 3.05) is 5.32 Å². The molecule has 4 N–H and O–H groups in total. The highest BCUT2D eigenvalue weighted by atomic mass is 79.9. The first-order chi connectivity index (χ1) is 10.8. The predicted octanol–water partition coefficient (Wildman–Crippen LogP) is 2.80. The van der Waals surface area contributed by atoms with E-state index in [1.54, 1.807) is 6.07 Å². The Morgan fingerprint density at radius 2 is 1.48 bits per heavy atom. The van der Waals surface area contributed by atoms with Gasteiger partial charge in [0.05, 0.1) is 16.7 Å². The van der Waals surface area contributed by atoms with Gasteiger partial charge in [-0.25, -0.2) is 9.59 Å². The van der Waals surface area contributed by atoms with Crippen LogP contribution in [0, 0.1) is 0 Å². The van der Waals surface area contributed by atoms with E-state index in [-0.39, 0.29) is 28.1 Å². The smallest absolute Gasteiger partial charge is 0.335 e. The standard InChI is InChI=1S/C15H10BrNO6/c16-9-1-2-12(18)11(6-9)13(19)17-10-4-7(14(20)21)3-8(5-10)15(22)23/h1-6,18H,(H,17,19)(H,20,21)(H,22,23). The number of carbonyl (C=O) groups is 3. The van der Waals surface area contributed by atoms with Crippen molar-refractivity contribution >= 4 is 39.5 Å². The first-order valence-corrected chi connectivity index (χ1v) is 6.99. The summed E-state index contributed by atoms with van der Waals surface area (Å²) in [6, 6.07) is 7.47. The van der Waals surface area contributed by atoms with Crippen molar-refractivity contribution in [3.63, 3.8) is 0 Å². The summed E-state index contributed by atoms with van der Waals surface area (Å²) in [6.07, 6.45) is 0. The molecule has 0 saturated heterocycles. The van der Waals surface area contributed by atoms with Crippen LogP contribution in [-0.2, 0) is 0 Å². The maximum absolute atomic E-state index is 12.2. The summed E-state index contributed by atoms with van der Waals surface area (Å²) in [5, 5.41) is 30.1. The van der Waals surface area contributed by atoms with Gasteiger partial charge in [-0.3, -0.25) is 4.79 Å². The Kier molecular flexibility index (Phi) is 4.65. The van der Waals surface area contributed by atoms with Crippen molar-refractivity contribution in [3.8, 4) is 5.75 Å². The molecule has 2 aromatic carbocycles. The highest BCUT2D eigenvalue weighted by Crippen LogP contribution is 2.23. The van der Waals surface area contributed by atoms with E-state index in [0.29, 0.717) is 4.47 Å². The van der Waals surface area contributed by atoms with Gasteiger partial charge in [0.15, 0.2) is 0 Å². The Balaban J connectivity index is 2.39. The van der Waals surface area contributed by atoms with Gasteiger partial charge in [0.1, 0.15) is 5.75 Å². The number of aromatic hydroxyl groups is 1. The van der Waals surface area contributed by atoms with Gasteiger partial charge in [0, 0.05) is 10.2 Å². The Morgan fingerprint density at radius 1 is 0.913 bits per heavy atom. The van der Waals surface area contributed by atoms with E-state index in [2.05, 4.69) is 21.2 Å². The Hall–Kier alpha value is -2.87. The van der Waals surface area contributed by atoms with Crippen molar-refractivity contribution < 1.29 is 29.7 Å². The van der Waals surface area contributed by atoms with Crippen LogP contribution in [0.4, 0.5) is 5.69 Å². The lowest BCUT2D eigenvalue weighted by Crippen LogP contribution is -2.14. The van der Waals surface area contributed by atoms with Crippen molar-refractivity contribution in [2.24, 2.45) is 0 Å². The molecular weight excluding hydrogens is 370 g/mol. The number of hydrogen-bond donors (Lipinski definition) is 4. The molecule has 1 amide bonds. The van der Waals surface area contributed by atoms with Crippen molar-refractivity contribution in [2.45, 2.75) is 0 Å². The highest BCUT2D eigenvalue weighted by molar-refractivity contribution is 9.10. The van der Waals surface area contributed by atoms with Crippen LogP contribution in [0.1, 0.15) is 31.1 Å². The molecule has 0 unspecified atom stereocenters. The first kappa shape index (κ1) is 16.5. The molecule has 0 saturated carbocycles. The van der Waals surface area contributed by atoms with Crippen LogP contribution in [-0.4, -0.2) is 33.2 Å². The van der Waals surface area contributed by atoms with E-state index in [0.717, 1.165) is 18.2 Å². The molecular formula is C15H10BrNO6. The second-order valence-corrected chi connectivity index (χ2v) is 5.44. The number of nitrogens with one attached hydrogen (secondary N) is 1. The summed E-state index contributed by atoms with van der Waals surface area (Å²) < 4.78 is 0.561. The van der Waals surface area contributed by atoms with Gasteiger partial charge in [0.25, 0.3) is 5.91 Å². The monoisotopic (exact) mass is 379 g/mol. The summed E-state index contributed by atoms with van der Waals surface area (Å²) in [6.45, 7) is 0. The number of rotatable bonds is 4. The van der Waals surface area contributed by atoms with Gasteiger partial charge in [0.2, 0.25) is 0 Å². The van der Waals surface area contributed by atoms with Crippen LogP contribution in [0.3, 0.4) is 0 Å². The van der Waals surface area contributed by atoms with Gasteiger partial charge in [-0.1, -0.05) is 15.9 Å². The summed E-state index contributed by atoms with van der Waals surface area (Å²) >= 11 is 3.16. The fourth-order valence-corrected chi connectivity index (χ4v) is 2.20. The van der Waals surface area contributed by atoms with E-state index in [9.17, 15) is 19.5 Å². The highest BCUT2D eigenvalue weighted by Gasteiger charge is 2.15. The van der Waals surface area contributed by atoms with Gasteiger partial charge >= 0.3 is 11.9 Å². The quantitative estimate of drug-likeness (QED) is 0.647. The minimum atomic E-state index is -1.33. The van der Waals surface area contributed by atoms with Gasteiger partial charge in [-0.05, 0) is 36.4 Å². The molecule has 118 valence electrons. The number of phenolic OH excluding ortho intramolecular Hbond substituents is 1. The number of anilines is 1. The van der Waals surface area contributed by atoms with Gasteiger partial charge in [-0.15, -0.1) is 0 Å². The lowest BCUT2D eigenvalue weighted by molar-refractivity contribution is 0.0696. The minimum absolute atomic E-state index is 0.00771. The largest absolute Gasteiger partial charge is 0.507 e. The van der Waals surface area contributed by atoms with Crippen molar-refractivity contribution in [3.05, 3.63) is 57.6 Å². The summed E-state index contributed by atoms with van der Waals surface area (Å²) in [7, 11) is 0. The third-order valence-electron chi connectivity index (χ3n) is 2.89. The maximum Gasteiger partial charge on any atom is 0.335 e. The third-order valence-corrected chi connectivity index (χ3v) is 3.38. The molecule has 0 aliphatic rings. The summed E-state index contributed by atoms with van der Waals surface area (Å²) in [5.74, 6) is -3.62. The van der Waals surface area contributed by atoms with Crippen LogP contribution in [0.2, 0.25) is 0 Å². The van der Waals surface area contributed by atoms with E-state index >= 15 is 0 Å². The zero-order valence-corrected chi connectivity index (χ0v) is 13.0. The summed E-state index contributed by atoms with van der Waals surface area (Å²) in [4.78, 5) is 34.2. The number of amides is 1. The number of hydrogen-bond acceptors (Lipinski definition) is 4. The number of carboxylic acids is 2. The fraction of sp³-hybridized carbons (Fsp3) is 0. The number of aromatic carboxylic acids is 2. The van der Waals surface area contributed by atoms with Gasteiger partial charge in [-0.2, -0.15) is 0 Å². The molecule has 0 fully saturated rings. The van der Waals surface area contributed by atoms with Crippen LogP contribution in [0.25, 0.3) is 0 Å². The van der Waals surface area contributed by atoms with Crippen LogP contribution < -0.4 is 5.32 Å². The molecule has 0 radical (unpaired) electrons. The van der Waals surface area contributed by atoms with Crippen LogP contribution in [0.15, 0.2) is 40.9 Å². The number of benzene rings is 2. The molecule has 0 aliphatic heterocycles. The Labute approximate surface area is 138 Å². The SMILES string of the molecule is O=C(O)c1cc(NC(=O)c2cc(Br)ccc2O)cc(C(=O)O)c1. The molecule has 0 atom stereocenters. The molecule has 23 heavy (non-hydrogen) atoms.